The molecule has 3 aromatic carbocycles. The van der Waals surface area contributed by atoms with Gasteiger partial charge in [0.05, 0.1) is 21.9 Å². The highest BCUT2D eigenvalue weighted by atomic mass is 35.5. The number of amides is 2. The molecule has 5 rings (SSSR count). The van der Waals surface area contributed by atoms with Gasteiger partial charge in [0.25, 0.3) is 16.8 Å². The molecule has 1 aromatic heterocycles. The van der Waals surface area contributed by atoms with E-state index in [-0.39, 0.29) is 38.7 Å². The Labute approximate surface area is 202 Å². The Morgan fingerprint density at radius 1 is 1.03 bits per heavy atom. The fourth-order valence-electron chi connectivity index (χ4n) is 3.81. The van der Waals surface area contributed by atoms with Crippen LogP contribution in [0.1, 0.15) is 11.3 Å². The smallest absolute Gasteiger partial charge is 0.293 e. The predicted molar refractivity (Wildman–Crippen MR) is 131 cm³/mol. The molecule has 9 heteroatoms. The summed E-state index contributed by atoms with van der Waals surface area (Å²) in [5.41, 5.74) is 0.943. The van der Waals surface area contributed by atoms with E-state index in [0.717, 1.165) is 28.1 Å². The molecule has 0 saturated carbocycles. The number of rotatable bonds is 5. The first-order valence-electron chi connectivity index (χ1n) is 10.2. The molecule has 1 saturated heterocycles. The van der Waals surface area contributed by atoms with Crippen LogP contribution in [0.3, 0.4) is 0 Å². The van der Waals surface area contributed by atoms with E-state index in [2.05, 4.69) is 0 Å². The molecule has 0 radical (unpaired) electrons. The summed E-state index contributed by atoms with van der Waals surface area (Å²) in [6.45, 7) is 0.156. The number of carbonyl (C=O) groups excluding carboxylic acids is 2. The van der Waals surface area contributed by atoms with Crippen molar-refractivity contribution in [3.8, 4) is 11.3 Å². The summed E-state index contributed by atoms with van der Waals surface area (Å²) in [6, 6.07) is 21.0. The lowest BCUT2D eigenvalue weighted by Gasteiger charge is -2.14. The van der Waals surface area contributed by atoms with Gasteiger partial charge in [-0.15, -0.1) is 0 Å². The van der Waals surface area contributed by atoms with Gasteiger partial charge in [0.15, 0.2) is 0 Å². The number of carbonyl (C=O) groups is 2. The second kappa shape index (κ2) is 8.81. The lowest BCUT2D eigenvalue weighted by Crippen LogP contribution is -2.27. The van der Waals surface area contributed by atoms with Crippen LogP contribution in [0.25, 0.3) is 28.2 Å². The Bertz CT molecular complexity index is 1500. The van der Waals surface area contributed by atoms with Crippen LogP contribution in [-0.4, -0.2) is 21.0 Å². The molecular formula is C25H15ClN2O5S. The van der Waals surface area contributed by atoms with Crippen LogP contribution in [0.2, 0.25) is 5.02 Å². The van der Waals surface area contributed by atoms with Crippen LogP contribution in [-0.2, 0) is 11.3 Å². The molecule has 0 unspecified atom stereocenters. The number of halogens is 1. The monoisotopic (exact) mass is 490 g/mol. The molecule has 0 aliphatic carbocycles. The number of imide groups is 1. The summed E-state index contributed by atoms with van der Waals surface area (Å²) in [5, 5.41) is 13.3. The van der Waals surface area contributed by atoms with Gasteiger partial charge in [-0.3, -0.25) is 24.6 Å². The Hall–Kier alpha value is -3.88. The van der Waals surface area contributed by atoms with E-state index in [1.54, 1.807) is 12.1 Å². The van der Waals surface area contributed by atoms with Crippen molar-refractivity contribution in [3.05, 3.63) is 104 Å². The fourth-order valence-corrected chi connectivity index (χ4v) is 4.79. The minimum Gasteiger partial charge on any atom is -0.456 e. The third kappa shape index (κ3) is 4.09. The Morgan fingerprint density at radius 2 is 1.82 bits per heavy atom. The summed E-state index contributed by atoms with van der Waals surface area (Å²) in [7, 11) is 0. The Morgan fingerprint density at radius 3 is 2.65 bits per heavy atom. The van der Waals surface area contributed by atoms with Crippen LogP contribution in [0.5, 0.6) is 0 Å². The zero-order chi connectivity index (χ0) is 23.8. The van der Waals surface area contributed by atoms with Crippen LogP contribution in [0, 0.1) is 10.1 Å². The molecular weight excluding hydrogens is 476 g/mol. The van der Waals surface area contributed by atoms with Crippen molar-refractivity contribution in [2.45, 2.75) is 6.54 Å². The van der Waals surface area contributed by atoms with Crippen molar-refractivity contribution >= 4 is 57.0 Å². The molecule has 1 aliphatic rings. The molecule has 1 aliphatic heterocycles. The lowest BCUT2D eigenvalue weighted by atomic mass is 10.0. The molecule has 168 valence electrons. The first-order valence-corrected chi connectivity index (χ1v) is 11.4. The molecule has 7 nitrogen and oxygen atoms in total. The molecule has 0 bridgehead atoms. The Balaban J connectivity index is 1.41. The first kappa shape index (κ1) is 21.9. The van der Waals surface area contributed by atoms with Gasteiger partial charge in [0.2, 0.25) is 0 Å². The van der Waals surface area contributed by atoms with Gasteiger partial charge in [-0.25, -0.2) is 0 Å². The van der Waals surface area contributed by atoms with Crippen molar-refractivity contribution < 1.29 is 18.9 Å². The van der Waals surface area contributed by atoms with E-state index in [0.29, 0.717) is 5.76 Å². The third-order valence-corrected chi connectivity index (χ3v) is 6.55. The van der Waals surface area contributed by atoms with E-state index >= 15 is 0 Å². The maximum absolute atomic E-state index is 13.0. The number of nitrogens with zero attached hydrogens (tertiary/aromatic N) is 2. The van der Waals surface area contributed by atoms with Gasteiger partial charge >= 0.3 is 0 Å². The highest BCUT2D eigenvalue weighted by Crippen LogP contribution is 2.37. The maximum Gasteiger partial charge on any atom is 0.293 e. The molecule has 2 amide bonds. The van der Waals surface area contributed by atoms with E-state index in [9.17, 15) is 19.7 Å². The molecule has 0 spiro atoms. The largest absolute Gasteiger partial charge is 0.456 e. The summed E-state index contributed by atoms with van der Waals surface area (Å²) >= 11 is 6.71. The van der Waals surface area contributed by atoms with Gasteiger partial charge in [0.1, 0.15) is 11.5 Å². The number of hydrogen-bond donors (Lipinski definition) is 0. The average Bonchev–Trinajstić information content (AvgIpc) is 3.39. The number of nitro groups is 1. The molecule has 0 atom stereocenters. The topological polar surface area (TPSA) is 93.7 Å². The third-order valence-electron chi connectivity index (χ3n) is 5.40. The van der Waals surface area contributed by atoms with Gasteiger partial charge in [-0.05, 0) is 52.4 Å². The van der Waals surface area contributed by atoms with E-state index in [1.807, 2.05) is 42.5 Å². The van der Waals surface area contributed by atoms with Crippen LogP contribution >= 0.6 is 23.4 Å². The first-order chi connectivity index (χ1) is 16.4. The van der Waals surface area contributed by atoms with Crippen LogP contribution in [0.15, 0.2) is 82.1 Å². The molecule has 0 N–H and O–H groups in total. The zero-order valence-corrected chi connectivity index (χ0v) is 19.0. The van der Waals surface area contributed by atoms with Crippen molar-refractivity contribution in [1.82, 2.24) is 4.90 Å². The van der Waals surface area contributed by atoms with Crippen molar-refractivity contribution in [1.29, 1.82) is 0 Å². The summed E-state index contributed by atoms with van der Waals surface area (Å²) < 4.78 is 5.74. The van der Waals surface area contributed by atoms with Crippen LogP contribution < -0.4 is 0 Å². The molecule has 2 heterocycles. The molecule has 34 heavy (non-hydrogen) atoms. The van der Waals surface area contributed by atoms with Gasteiger partial charge in [-0.2, -0.15) is 0 Å². The molecule has 4 aromatic rings. The number of hydrogen-bond acceptors (Lipinski definition) is 6. The second-order valence-electron chi connectivity index (χ2n) is 7.53. The van der Waals surface area contributed by atoms with Crippen molar-refractivity contribution in [3.63, 3.8) is 0 Å². The lowest BCUT2D eigenvalue weighted by molar-refractivity contribution is -0.384. The van der Waals surface area contributed by atoms with Gasteiger partial charge < -0.3 is 4.42 Å². The highest BCUT2D eigenvalue weighted by Gasteiger charge is 2.35. The van der Waals surface area contributed by atoms with Gasteiger partial charge in [0, 0.05) is 17.2 Å². The average molecular weight is 491 g/mol. The minimum absolute atomic E-state index is 0.156. The molecule has 1 fully saturated rings. The SMILES string of the molecule is O=C1S/C(=C\c2ccc(-c3ccc(Cl)cc3[N+](=O)[O-])o2)C(=O)N1Cc1cccc2ccccc12. The maximum atomic E-state index is 13.0. The highest BCUT2D eigenvalue weighted by molar-refractivity contribution is 8.18. The quantitative estimate of drug-likeness (QED) is 0.171. The number of furan rings is 1. The van der Waals surface area contributed by atoms with E-state index in [1.165, 1.54) is 29.2 Å². The van der Waals surface area contributed by atoms with E-state index in [4.69, 9.17) is 16.0 Å². The number of nitro benzene ring substituents is 1. The minimum atomic E-state index is -0.540. The van der Waals surface area contributed by atoms with E-state index < -0.39 is 10.8 Å². The summed E-state index contributed by atoms with van der Waals surface area (Å²) in [5.74, 6) is 0.137. The van der Waals surface area contributed by atoms with Crippen LogP contribution in [0.4, 0.5) is 10.5 Å². The number of thioether (sulfide) groups is 1. The fraction of sp³-hybridized carbons (Fsp3) is 0.0400. The Kier molecular flexibility index (Phi) is 5.69. The summed E-state index contributed by atoms with van der Waals surface area (Å²) in [4.78, 5) is 37.9. The second-order valence-corrected chi connectivity index (χ2v) is 8.96. The van der Waals surface area contributed by atoms with Crippen molar-refractivity contribution in [2.75, 3.05) is 0 Å². The number of fused-ring (bicyclic) bond motifs is 1. The standard InChI is InChI=1S/C25H15ClN2O5S/c26-17-8-10-20(21(12-17)28(31)32)22-11-9-18(33-22)13-23-24(29)27(25(30)34-23)14-16-6-3-5-15-4-1-2-7-19(15)16/h1-13H,14H2/b23-13-. The normalized spacial score (nSPS) is 15.0. The number of benzene rings is 3. The zero-order valence-electron chi connectivity index (χ0n) is 17.4. The predicted octanol–water partition coefficient (Wildman–Crippen LogP) is 6.90. The van der Waals surface area contributed by atoms with Crippen molar-refractivity contribution in [2.24, 2.45) is 0 Å². The van der Waals surface area contributed by atoms with Gasteiger partial charge in [-0.1, -0.05) is 54.1 Å². The summed E-state index contributed by atoms with van der Waals surface area (Å²) in [6.07, 6.45) is 1.47.